The van der Waals surface area contributed by atoms with Crippen molar-refractivity contribution < 1.29 is 29.3 Å². The first-order valence-corrected chi connectivity index (χ1v) is 5.77. The van der Waals surface area contributed by atoms with Crippen molar-refractivity contribution in [3.8, 4) is 0 Å². The molecule has 116 valence electrons. The van der Waals surface area contributed by atoms with Gasteiger partial charge in [0.2, 0.25) is 0 Å². The van der Waals surface area contributed by atoms with Gasteiger partial charge in [0.25, 0.3) is 11.4 Å². The Labute approximate surface area is 122 Å². The van der Waals surface area contributed by atoms with Crippen LogP contribution in [0.3, 0.4) is 0 Å². The number of aliphatic hydroxyl groups excluding tert-OH is 1. The van der Waals surface area contributed by atoms with Crippen LogP contribution >= 0.6 is 0 Å². The van der Waals surface area contributed by atoms with E-state index in [0.717, 1.165) is 6.07 Å². The molecule has 0 unspecified atom stereocenters. The smallest absolute Gasteiger partial charge is 0.346 e. The Hall–Kier alpha value is -3.14. The number of ether oxygens (including phenoxy) is 1. The summed E-state index contributed by atoms with van der Waals surface area (Å²) < 4.78 is 4.32. The first-order valence-electron chi connectivity index (χ1n) is 5.77. The Morgan fingerprint density at radius 2 is 1.91 bits per heavy atom. The highest BCUT2D eigenvalue weighted by Crippen LogP contribution is 2.29. The van der Waals surface area contributed by atoms with Crippen molar-refractivity contribution in [2.45, 2.75) is 6.42 Å². The molecule has 0 heterocycles. The molecule has 1 aromatic rings. The average Bonchev–Trinajstić information content (AvgIpc) is 2.46. The highest BCUT2D eigenvalue weighted by Gasteiger charge is 2.28. The lowest BCUT2D eigenvalue weighted by molar-refractivity contribution is -0.394. The maximum atomic E-state index is 11.8. The van der Waals surface area contributed by atoms with E-state index < -0.39 is 45.3 Å². The molecule has 0 aliphatic carbocycles. The minimum atomic E-state index is -1.31. The van der Waals surface area contributed by atoms with Crippen molar-refractivity contribution >= 4 is 23.3 Å². The van der Waals surface area contributed by atoms with Crippen LogP contribution in [0, 0.1) is 20.2 Å². The van der Waals surface area contributed by atoms with Crippen LogP contribution in [0.2, 0.25) is 0 Å². The van der Waals surface area contributed by atoms with Crippen LogP contribution < -0.4 is 0 Å². The molecule has 0 aliphatic heterocycles. The zero-order valence-electron chi connectivity index (χ0n) is 11.1. The largest absolute Gasteiger partial charge is 0.396 e. The number of hydrogen-bond donors (Lipinski definition) is 1. The minimum absolute atomic E-state index is 0.264. The standard InChI is InChI=1S/C12H10N2O8/c1-2-11(16)22-12(17)9-5-7(13(18)19)6-10(14(20)21)8(9)3-4-15/h2,5-6,15H,1,3-4H2. The van der Waals surface area contributed by atoms with E-state index in [9.17, 15) is 29.8 Å². The summed E-state index contributed by atoms with van der Waals surface area (Å²) in [7, 11) is 0. The molecule has 22 heavy (non-hydrogen) atoms. The Balaban J connectivity index is 3.52. The summed E-state index contributed by atoms with van der Waals surface area (Å²) in [6.45, 7) is 2.53. The molecule has 0 radical (unpaired) electrons. The first-order chi connectivity index (χ1) is 10.3. The normalized spacial score (nSPS) is 9.86. The number of nitro groups is 2. The van der Waals surface area contributed by atoms with Crippen LogP contribution in [0.1, 0.15) is 15.9 Å². The van der Waals surface area contributed by atoms with Gasteiger partial charge in [-0.15, -0.1) is 0 Å². The molecule has 0 atom stereocenters. The Morgan fingerprint density at radius 3 is 2.36 bits per heavy atom. The van der Waals surface area contributed by atoms with E-state index in [2.05, 4.69) is 11.3 Å². The van der Waals surface area contributed by atoms with Gasteiger partial charge < -0.3 is 9.84 Å². The molecular formula is C12H10N2O8. The zero-order valence-corrected chi connectivity index (χ0v) is 11.1. The number of non-ortho nitro benzene ring substituents is 1. The van der Waals surface area contributed by atoms with E-state index in [0.29, 0.717) is 12.1 Å². The molecule has 0 saturated heterocycles. The van der Waals surface area contributed by atoms with Crippen LogP contribution in [0.4, 0.5) is 11.4 Å². The number of carbonyl (C=O) groups is 2. The zero-order chi connectivity index (χ0) is 16.9. The minimum Gasteiger partial charge on any atom is -0.396 e. The van der Waals surface area contributed by atoms with E-state index in [4.69, 9.17) is 5.11 Å². The van der Waals surface area contributed by atoms with Crippen molar-refractivity contribution in [3.63, 3.8) is 0 Å². The predicted octanol–water partition coefficient (Wildman–Crippen LogP) is 0.907. The number of esters is 2. The topological polar surface area (TPSA) is 150 Å². The monoisotopic (exact) mass is 310 g/mol. The van der Waals surface area contributed by atoms with Gasteiger partial charge in [0.05, 0.1) is 21.5 Å². The van der Waals surface area contributed by atoms with Crippen molar-refractivity contribution in [3.05, 3.63) is 56.1 Å². The maximum Gasteiger partial charge on any atom is 0.346 e. The molecule has 10 heteroatoms. The van der Waals surface area contributed by atoms with Crippen LogP contribution in [0.5, 0.6) is 0 Å². The van der Waals surface area contributed by atoms with Crippen molar-refractivity contribution in [1.29, 1.82) is 0 Å². The molecule has 0 amide bonds. The van der Waals surface area contributed by atoms with Gasteiger partial charge in [-0.05, 0) is 0 Å². The molecule has 0 spiro atoms. The van der Waals surface area contributed by atoms with Gasteiger partial charge in [-0.2, -0.15) is 0 Å². The summed E-state index contributed by atoms with van der Waals surface area (Å²) in [4.78, 5) is 42.8. The van der Waals surface area contributed by atoms with Gasteiger partial charge in [-0.1, -0.05) is 6.58 Å². The number of rotatable bonds is 6. The lowest BCUT2D eigenvalue weighted by Crippen LogP contribution is -2.15. The summed E-state index contributed by atoms with van der Waals surface area (Å²) >= 11 is 0. The molecule has 0 bridgehead atoms. The first kappa shape index (κ1) is 16.9. The lowest BCUT2D eigenvalue weighted by atomic mass is 10.0. The molecule has 0 fully saturated rings. The van der Waals surface area contributed by atoms with E-state index in [1.165, 1.54) is 0 Å². The summed E-state index contributed by atoms with van der Waals surface area (Å²) in [5.74, 6) is -2.42. The van der Waals surface area contributed by atoms with Crippen LogP contribution in [-0.4, -0.2) is 33.5 Å². The van der Waals surface area contributed by atoms with Gasteiger partial charge in [0.1, 0.15) is 0 Å². The Kier molecular flexibility index (Phi) is 5.41. The van der Waals surface area contributed by atoms with Crippen molar-refractivity contribution in [2.24, 2.45) is 0 Å². The van der Waals surface area contributed by atoms with Gasteiger partial charge in [0.15, 0.2) is 0 Å². The number of nitrogens with zero attached hydrogens (tertiary/aromatic N) is 2. The number of aliphatic hydroxyl groups is 1. The van der Waals surface area contributed by atoms with E-state index in [1.54, 1.807) is 0 Å². The van der Waals surface area contributed by atoms with E-state index in [-0.39, 0.29) is 12.0 Å². The maximum absolute atomic E-state index is 11.8. The Morgan fingerprint density at radius 1 is 1.27 bits per heavy atom. The van der Waals surface area contributed by atoms with Crippen molar-refractivity contribution in [1.82, 2.24) is 0 Å². The molecular weight excluding hydrogens is 300 g/mol. The van der Waals surface area contributed by atoms with Gasteiger partial charge in [-0.25, -0.2) is 9.59 Å². The van der Waals surface area contributed by atoms with Crippen LogP contribution in [0.25, 0.3) is 0 Å². The molecule has 0 saturated carbocycles. The number of nitro benzene ring substituents is 2. The second kappa shape index (κ2) is 7.04. The predicted molar refractivity (Wildman–Crippen MR) is 71.2 cm³/mol. The average molecular weight is 310 g/mol. The fourth-order valence-corrected chi connectivity index (χ4v) is 1.65. The summed E-state index contributed by atoms with van der Waals surface area (Å²) in [6.07, 6.45) is 0.371. The summed E-state index contributed by atoms with van der Waals surface area (Å²) in [5, 5.41) is 30.7. The highest BCUT2D eigenvalue weighted by molar-refractivity contribution is 6.01. The molecule has 0 aromatic heterocycles. The van der Waals surface area contributed by atoms with Gasteiger partial charge in [-0.3, -0.25) is 20.2 Å². The summed E-state index contributed by atoms with van der Waals surface area (Å²) in [5.41, 5.74) is -2.24. The second-order valence-electron chi connectivity index (χ2n) is 3.89. The molecule has 1 aromatic carbocycles. The summed E-state index contributed by atoms with van der Waals surface area (Å²) in [6, 6.07) is 1.41. The van der Waals surface area contributed by atoms with Crippen LogP contribution in [-0.2, 0) is 16.0 Å². The van der Waals surface area contributed by atoms with E-state index in [1.807, 2.05) is 0 Å². The number of carbonyl (C=O) groups excluding carboxylic acids is 2. The fourth-order valence-electron chi connectivity index (χ4n) is 1.65. The second-order valence-corrected chi connectivity index (χ2v) is 3.89. The fraction of sp³-hybridized carbons (Fsp3) is 0.167. The molecule has 10 nitrogen and oxygen atoms in total. The number of hydrogen-bond acceptors (Lipinski definition) is 8. The Bertz CT molecular complexity index is 667. The third-order valence-electron chi connectivity index (χ3n) is 2.56. The van der Waals surface area contributed by atoms with Crippen molar-refractivity contribution in [2.75, 3.05) is 6.61 Å². The molecule has 1 N–H and O–H groups in total. The quantitative estimate of drug-likeness (QED) is 0.268. The molecule has 1 rings (SSSR count). The highest BCUT2D eigenvalue weighted by atomic mass is 16.6. The lowest BCUT2D eigenvalue weighted by Gasteiger charge is -2.08. The molecule has 0 aliphatic rings. The number of benzene rings is 1. The van der Waals surface area contributed by atoms with Crippen LogP contribution in [0.15, 0.2) is 24.8 Å². The van der Waals surface area contributed by atoms with Gasteiger partial charge >= 0.3 is 11.9 Å². The van der Waals surface area contributed by atoms with Gasteiger partial charge in [0, 0.05) is 30.7 Å². The third kappa shape index (κ3) is 3.70. The SMILES string of the molecule is C=CC(=O)OC(=O)c1cc([N+](=O)[O-])cc([N+](=O)[O-])c1CCO. The van der Waals surface area contributed by atoms with E-state index >= 15 is 0 Å². The third-order valence-corrected chi connectivity index (χ3v) is 2.56.